The van der Waals surface area contributed by atoms with E-state index >= 15 is 0 Å². The average molecular weight is 503 g/mol. The summed E-state index contributed by atoms with van der Waals surface area (Å²) in [6.07, 6.45) is -1.86. The molecule has 0 saturated carbocycles. The number of hydrogen-bond acceptors (Lipinski definition) is 13. The van der Waals surface area contributed by atoms with Gasteiger partial charge in [-0.3, -0.25) is 28.1 Å². The van der Waals surface area contributed by atoms with Gasteiger partial charge in [-0.2, -0.15) is 4.98 Å². The summed E-state index contributed by atoms with van der Waals surface area (Å²) in [7, 11) is 1.17. The Labute approximate surface area is 201 Å². The largest absolute Gasteiger partial charge is 0.464 e. The van der Waals surface area contributed by atoms with E-state index in [4.69, 9.17) is 23.7 Å². The second-order valence-corrected chi connectivity index (χ2v) is 7.75. The molecule has 0 radical (unpaired) electrons. The number of rotatable bonds is 6. The summed E-state index contributed by atoms with van der Waals surface area (Å²) >= 11 is 0. The van der Waals surface area contributed by atoms with Crippen LogP contribution in [-0.2, 0) is 38.1 Å². The van der Waals surface area contributed by atoms with Crippen LogP contribution >= 0.6 is 0 Å². The Morgan fingerprint density at radius 2 is 1.67 bits per heavy atom. The minimum absolute atomic E-state index is 0.0154. The predicted molar refractivity (Wildman–Crippen MR) is 116 cm³/mol. The first-order chi connectivity index (χ1) is 17.1. The predicted octanol–water partition coefficient (Wildman–Crippen LogP) is -0.450. The van der Waals surface area contributed by atoms with Crippen molar-refractivity contribution in [3.8, 4) is 0 Å². The summed E-state index contributed by atoms with van der Waals surface area (Å²) in [5.74, 6) is -2.73. The van der Waals surface area contributed by atoms with Crippen molar-refractivity contribution in [3.05, 3.63) is 34.8 Å². The molecular weight excluding hydrogens is 482 g/mol. The Morgan fingerprint density at radius 1 is 0.972 bits per heavy atom. The van der Waals surface area contributed by atoms with Crippen LogP contribution in [0.1, 0.15) is 37.5 Å². The highest BCUT2D eigenvalue weighted by Crippen LogP contribution is 2.36. The van der Waals surface area contributed by atoms with Crippen LogP contribution < -0.4 is 5.56 Å². The molecule has 15 heteroatoms. The maximum atomic E-state index is 12.2. The summed E-state index contributed by atoms with van der Waals surface area (Å²) in [5, 5.41) is 0. The van der Waals surface area contributed by atoms with Crippen molar-refractivity contribution in [1.82, 2.24) is 23.9 Å². The molecule has 1 aliphatic heterocycles. The van der Waals surface area contributed by atoms with Gasteiger partial charge in [0.15, 0.2) is 35.2 Å². The van der Waals surface area contributed by atoms with Crippen LogP contribution in [0, 0.1) is 0 Å². The molecule has 0 N–H and O–H groups in total. The Kier molecular flexibility index (Phi) is 6.65. The third kappa shape index (κ3) is 4.59. The van der Waals surface area contributed by atoms with Crippen LogP contribution in [0.3, 0.4) is 0 Å². The number of fused-ring (bicyclic) bond motifs is 3. The summed E-state index contributed by atoms with van der Waals surface area (Å²) in [4.78, 5) is 71.8. The second-order valence-electron chi connectivity index (χ2n) is 7.75. The molecule has 15 nitrogen and oxygen atoms in total. The molecule has 190 valence electrons. The quantitative estimate of drug-likeness (QED) is 0.312. The number of carbonyl (C=O) groups is 4. The van der Waals surface area contributed by atoms with Gasteiger partial charge >= 0.3 is 23.9 Å². The molecule has 0 aliphatic carbocycles. The number of hydrogen-bond donors (Lipinski definition) is 0. The zero-order chi connectivity index (χ0) is 26.1. The van der Waals surface area contributed by atoms with Gasteiger partial charge in [-0.1, -0.05) is 0 Å². The van der Waals surface area contributed by atoms with E-state index in [0.29, 0.717) is 0 Å². The second kappa shape index (κ2) is 9.69. The minimum Gasteiger partial charge on any atom is -0.464 e. The first-order valence-electron chi connectivity index (χ1n) is 10.6. The van der Waals surface area contributed by atoms with E-state index in [-0.39, 0.29) is 29.1 Å². The minimum atomic E-state index is -1.17. The van der Waals surface area contributed by atoms with Crippen molar-refractivity contribution in [3.63, 3.8) is 0 Å². The third-order valence-electron chi connectivity index (χ3n) is 5.25. The van der Waals surface area contributed by atoms with Gasteiger partial charge in [-0.15, -0.1) is 0 Å². The highest BCUT2D eigenvalue weighted by atomic mass is 16.7. The van der Waals surface area contributed by atoms with Gasteiger partial charge in [-0.05, 0) is 0 Å². The highest BCUT2D eigenvalue weighted by Gasteiger charge is 2.51. The van der Waals surface area contributed by atoms with Crippen molar-refractivity contribution in [2.45, 2.75) is 45.3 Å². The van der Waals surface area contributed by atoms with Crippen LogP contribution in [0.4, 0.5) is 0 Å². The lowest BCUT2D eigenvalue weighted by Gasteiger charge is -2.23. The standard InChI is InChI=1S/C21H21N5O10/c1-9(27)33-6-13-16(34-10(2)28)17(35-11(3)29)20(36-13)26-7-22-15-18(26)23-8-25-12(21(31)32-4)5-14(30)24-19(15)25/h5,7-8,13,16-17,20H,6H2,1-4H3/t13-,16-,17-,20-/m1/s1. The Morgan fingerprint density at radius 3 is 2.31 bits per heavy atom. The molecule has 0 unspecified atom stereocenters. The number of ether oxygens (including phenoxy) is 5. The number of aromatic nitrogens is 5. The summed E-state index contributed by atoms with van der Waals surface area (Å²) in [5.41, 5.74) is -0.521. The van der Waals surface area contributed by atoms with Crippen LogP contribution in [-0.4, -0.2) is 79.8 Å². The molecule has 4 heterocycles. The van der Waals surface area contributed by atoms with Crippen LogP contribution in [0.25, 0.3) is 16.8 Å². The molecule has 1 saturated heterocycles. The maximum absolute atomic E-state index is 12.2. The molecule has 1 fully saturated rings. The monoisotopic (exact) mass is 503 g/mol. The van der Waals surface area contributed by atoms with Gasteiger partial charge in [0.2, 0.25) is 0 Å². The van der Waals surface area contributed by atoms with Crippen molar-refractivity contribution in [1.29, 1.82) is 0 Å². The molecule has 0 bridgehead atoms. The van der Waals surface area contributed by atoms with Gasteiger partial charge in [0, 0.05) is 26.8 Å². The fourth-order valence-corrected chi connectivity index (χ4v) is 3.89. The topological polar surface area (TPSA) is 180 Å². The average Bonchev–Trinajstić information content (AvgIpc) is 3.37. The van der Waals surface area contributed by atoms with E-state index in [0.717, 1.165) is 6.07 Å². The molecule has 4 rings (SSSR count). The lowest BCUT2D eigenvalue weighted by atomic mass is 10.1. The molecule has 4 atom stereocenters. The van der Waals surface area contributed by atoms with Gasteiger partial charge in [0.1, 0.15) is 24.7 Å². The molecule has 1 aliphatic rings. The molecule has 0 amide bonds. The van der Waals surface area contributed by atoms with Gasteiger partial charge in [0.25, 0.3) is 5.56 Å². The number of nitrogens with zero attached hydrogens (tertiary/aromatic N) is 5. The molecule has 36 heavy (non-hydrogen) atoms. The normalized spacial score (nSPS) is 21.3. The van der Waals surface area contributed by atoms with Crippen LogP contribution in [0.15, 0.2) is 23.5 Å². The molecule has 0 aromatic carbocycles. The van der Waals surface area contributed by atoms with Crippen molar-refractivity contribution in [2.75, 3.05) is 13.7 Å². The van der Waals surface area contributed by atoms with Crippen molar-refractivity contribution in [2.24, 2.45) is 0 Å². The van der Waals surface area contributed by atoms with Crippen LogP contribution in [0.5, 0.6) is 0 Å². The highest BCUT2D eigenvalue weighted by molar-refractivity contribution is 5.91. The molecule has 0 spiro atoms. The summed E-state index contributed by atoms with van der Waals surface area (Å²) in [6.45, 7) is 3.25. The maximum Gasteiger partial charge on any atom is 0.355 e. The van der Waals surface area contributed by atoms with Crippen molar-refractivity contribution < 1.29 is 42.9 Å². The van der Waals surface area contributed by atoms with Gasteiger partial charge < -0.3 is 23.7 Å². The summed E-state index contributed by atoms with van der Waals surface area (Å²) in [6, 6.07) is 1.00. The zero-order valence-electron chi connectivity index (χ0n) is 19.6. The molecule has 3 aromatic heterocycles. The SMILES string of the molecule is COC(=O)c1cc(=O)nc2c3ncn([C@@H]4O[C@H](COC(C)=O)[C@@H](OC(C)=O)[C@H]4OC(C)=O)c3ncn12. The van der Waals surface area contributed by atoms with E-state index in [9.17, 15) is 24.0 Å². The van der Waals surface area contributed by atoms with E-state index in [2.05, 4.69) is 15.0 Å². The zero-order valence-corrected chi connectivity index (χ0v) is 19.6. The Hall–Kier alpha value is -4.40. The Bertz CT molecular complexity index is 1430. The van der Waals surface area contributed by atoms with E-state index < -0.39 is 54.0 Å². The lowest BCUT2D eigenvalue weighted by Crippen LogP contribution is -2.40. The van der Waals surface area contributed by atoms with Crippen LogP contribution in [0.2, 0.25) is 0 Å². The first kappa shape index (κ1) is 24.7. The van der Waals surface area contributed by atoms with E-state index in [1.807, 2.05) is 0 Å². The molecular formula is C21H21N5O10. The fourth-order valence-electron chi connectivity index (χ4n) is 3.89. The summed E-state index contributed by atoms with van der Waals surface area (Å²) < 4.78 is 29.2. The lowest BCUT2D eigenvalue weighted by molar-refractivity contribution is -0.166. The van der Waals surface area contributed by atoms with Gasteiger partial charge in [-0.25, -0.2) is 14.8 Å². The third-order valence-corrected chi connectivity index (χ3v) is 5.25. The number of imidazole rings is 1. The van der Waals surface area contributed by atoms with Crippen molar-refractivity contribution >= 4 is 40.7 Å². The number of esters is 4. The number of carbonyl (C=O) groups excluding carboxylic acids is 4. The fraction of sp³-hybridized carbons (Fsp3) is 0.429. The first-order valence-corrected chi connectivity index (χ1v) is 10.6. The number of methoxy groups -OCH3 is 1. The van der Waals surface area contributed by atoms with E-state index in [1.165, 1.54) is 49.5 Å². The smallest absolute Gasteiger partial charge is 0.355 e. The molecule has 3 aromatic rings. The Balaban J connectivity index is 1.84. The van der Waals surface area contributed by atoms with E-state index in [1.54, 1.807) is 0 Å². The van der Waals surface area contributed by atoms with Gasteiger partial charge in [0.05, 0.1) is 13.4 Å².